The van der Waals surface area contributed by atoms with Crippen LogP contribution in [0, 0.1) is 12.3 Å². The predicted molar refractivity (Wildman–Crippen MR) is 129 cm³/mol. The third kappa shape index (κ3) is 4.10. The van der Waals surface area contributed by atoms with Gasteiger partial charge in [0.25, 0.3) is 5.56 Å². The summed E-state index contributed by atoms with van der Waals surface area (Å²) < 4.78 is 7.92. The third-order valence-electron chi connectivity index (χ3n) is 4.89. The maximum atomic E-state index is 13.3. The molecule has 0 aliphatic heterocycles. The third-order valence-corrected chi connectivity index (χ3v) is 5.39. The molecular weight excluding hydrogens is 454 g/mol. The minimum Gasteiger partial charge on any atom is -0.480 e. The lowest BCUT2D eigenvalue weighted by molar-refractivity contribution is 0.370. The van der Waals surface area contributed by atoms with Crippen LogP contribution in [-0.4, -0.2) is 22.5 Å². The molecular formula is C25H20BrN3O2. The lowest BCUT2D eigenvalue weighted by Gasteiger charge is -2.13. The van der Waals surface area contributed by atoms with Crippen LogP contribution in [0.5, 0.6) is 5.75 Å². The maximum absolute atomic E-state index is 13.3. The number of nitrogens with zero attached hydrogens (tertiary/aromatic N) is 3. The number of terminal acetylenes is 1. The molecule has 0 bridgehead atoms. The molecule has 0 saturated heterocycles. The van der Waals surface area contributed by atoms with Crippen molar-refractivity contribution in [2.24, 2.45) is 5.10 Å². The standard InChI is InChI=1S/C25H20BrN3O2/c1-4-13-31-23-12-9-17-7-5-6-8-19(17)21(23)15-27-29-24(16(2)3)28-22-11-10-18(26)14-20(22)25(29)30/h1,5-12,14-16H,13H2,2-3H3. The van der Waals surface area contributed by atoms with Crippen LogP contribution in [0.1, 0.15) is 31.2 Å². The van der Waals surface area contributed by atoms with Gasteiger partial charge in [-0.2, -0.15) is 9.78 Å². The van der Waals surface area contributed by atoms with Crippen LogP contribution in [0.4, 0.5) is 0 Å². The fraction of sp³-hybridized carbons (Fsp3) is 0.160. The van der Waals surface area contributed by atoms with Crippen LogP contribution in [0.15, 0.2) is 69.0 Å². The molecule has 0 spiro atoms. The molecule has 0 radical (unpaired) electrons. The van der Waals surface area contributed by atoms with Gasteiger partial charge in [0.15, 0.2) is 0 Å². The first kappa shape index (κ1) is 20.8. The average molecular weight is 474 g/mol. The Kier molecular flexibility index (Phi) is 5.88. The Morgan fingerprint density at radius 3 is 2.77 bits per heavy atom. The van der Waals surface area contributed by atoms with E-state index in [0.29, 0.717) is 22.5 Å². The molecule has 0 fully saturated rings. The second kappa shape index (κ2) is 8.75. The number of ether oxygens (including phenoxy) is 1. The van der Waals surface area contributed by atoms with Gasteiger partial charge in [-0.25, -0.2) is 4.98 Å². The molecule has 0 amide bonds. The van der Waals surface area contributed by atoms with Gasteiger partial charge in [-0.3, -0.25) is 4.79 Å². The molecule has 4 rings (SSSR count). The van der Waals surface area contributed by atoms with Gasteiger partial charge < -0.3 is 4.74 Å². The summed E-state index contributed by atoms with van der Waals surface area (Å²) in [6.07, 6.45) is 7.02. The largest absolute Gasteiger partial charge is 0.480 e. The van der Waals surface area contributed by atoms with Gasteiger partial charge in [0.05, 0.1) is 17.1 Å². The fourth-order valence-electron chi connectivity index (χ4n) is 3.42. The van der Waals surface area contributed by atoms with E-state index in [-0.39, 0.29) is 18.1 Å². The lowest BCUT2D eigenvalue weighted by Crippen LogP contribution is -2.23. The van der Waals surface area contributed by atoms with Crippen molar-refractivity contribution >= 4 is 43.8 Å². The summed E-state index contributed by atoms with van der Waals surface area (Å²) in [5.74, 6) is 3.68. The number of aromatic nitrogens is 2. The zero-order chi connectivity index (χ0) is 22.0. The van der Waals surface area contributed by atoms with Crippen molar-refractivity contribution in [1.82, 2.24) is 9.66 Å². The monoisotopic (exact) mass is 473 g/mol. The number of hydrogen-bond donors (Lipinski definition) is 0. The highest BCUT2D eigenvalue weighted by Gasteiger charge is 2.14. The number of rotatable bonds is 5. The molecule has 1 heterocycles. The second-order valence-electron chi connectivity index (χ2n) is 7.34. The highest BCUT2D eigenvalue weighted by molar-refractivity contribution is 9.10. The van der Waals surface area contributed by atoms with E-state index in [1.165, 1.54) is 4.68 Å². The Labute approximate surface area is 188 Å². The minimum atomic E-state index is -0.224. The van der Waals surface area contributed by atoms with Crippen LogP contribution in [0.3, 0.4) is 0 Å². The van der Waals surface area contributed by atoms with Gasteiger partial charge in [-0.15, -0.1) is 6.42 Å². The topological polar surface area (TPSA) is 56.5 Å². The van der Waals surface area contributed by atoms with Crippen LogP contribution in [-0.2, 0) is 0 Å². The number of halogens is 1. The Hall–Kier alpha value is -3.43. The van der Waals surface area contributed by atoms with Gasteiger partial charge in [0.2, 0.25) is 0 Å². The van der Waals surface area contributed by atoms with Crippen molar-refractivity contribution in [2.75, 3.05) is 6.61 Å². The summed E-state index contributed by atoms with van der Waals surface area (Å²) in [5.41, 5.74) is 1.17. The van der Waals surface area contributed by atoms with Gasteiger partial charge >= 0.3 is 0 Å². The first-order valence-corrected chi connectivity index (χ1v) is 10.6. The van der Waals surface area contributed by atoms with Crippen LogP contribution < -0.4 is 10.3 Å². The summed E-state index contributed by atoms with van der Waals surface area (Å²) in [6, 6.07) is 17.2. The Morgan fingerprint density at radius 2 is 2.00 bits per heavy atom. The van der Waals surface area contributed by atoms with E-state index in [0.717, 1.165) is 20.8 Å². The van der Waals surface area contributed by atoms with Crippen LogP contribution in [0.2, 0.25) is 0 Å². The van der Waals surface area contributed by atoms with E-state index in [2.05, 4.69) is 27.0 Å². The van der Waals surface area contributed by atoms with E-state index in [1.54, 1.807) is 12.3 Å². The van der Waals surface area contributed by atoms with Crippen molar-refractivity contribution < 1.29 is 4.74 Å². The lowest BCUT2D eigenvalue weighted by atomic mass is 10.0. The van der Waals surface area contributed by atoms with Crippen molar-refractivity contribution in [1.29, 1.82) is 0 Å². The summed E-state index contributed by atoms with van der Waals surface area (Å²) in [7, 11) is 0. The highest BCUT2D eigenvalue weighted by atomic mass is 79.9. The van der Waals surface area contributed by atoms with Gasteiger partial charge in [0, 0.05) is 16.0 Å². The summed E-state index contributed by atoms with van der Waals surface area (Å²) in [4.78, 5) is 18.0. The van der Waals surface area contributed by atoms with Crippen LogP contribution >= 0.6 is 15.9 Å². The average Bonchev–Trinajstić information content (AvgIpc) is 2.77. The molecule has 0 aliphatic carbocycles. The van der Waals surface area contributed by atoms with E-state index in [1.807, 2.05) is 62.4 Å². The SMILES string of the molecule is C#CCOc1ccc2ccccc2c1C=Nn1c(C(C)C)nc2ccc(Br)cc2c1=O. The molecule has 0 aliphatic rings. The summed E-state index contributed by atoms with van der Waals surface area (Å²) in [6.45, 7) is 4.11. The van der Waals surface area contributed by atoms with E-state index in [9.17, 15) is 4.79 Å². The molecule has 0 N–H and O–H groups in total. The molecule has 3 aromatic carbocycles. The maximum Gasteiger partial charge on any atom is 0.282 e. The van der Waals surface area contributed by atoms with Crippen molar-refractivity contribution in [3.8, 4) is 18.1 Å². The van der Waals surface area contributed by atoms with E-state index in [4.69, 9.17) is 16.1 Å². The zero-order valence-corrected chi connectivity index (χ0v) is 18.8. The number of benzene rings is 3. The Balaban J connectivity index is 1.93. The second-order valence-corrected chi connectivity index (χ2v) is 8.25. The predicted octanol–water partition coefficient (Wildman–Crippen LogP) is 5.33. The molecule has 6 heteroatoms. The number of hydrogen-bond acceptors (Lipinski definition) is 4. The van der Waals surface area contributed by atoms with Crippen molar-refractivity contribution in [2.45, 2.75) is 19.8 Å². The Morgan fingerprint density at radius 1 is 1.19 bits per heavy atom. The first-order chi connectivity index (χ1) is 15.0. The molecule has 0 atom stereocenters. The zero-order valence-electron chi connectivity index (χ0n) is 17.2. The van der Waals surface area contributed by atoms with Crippen molar-refractivity contribution in [3.63, 3.8) is 0 Å². The van der Waals surface area contributed by atoms with E-state index < -0.39 is 0 Å². The molecule has 0 unspecified atom stereocenters. The van der Waals surface area contributed by atoms with Crippen LogP contribution in [0.25, 0.3) is 21.7 Å². The smallest absolute Gasteiger partial charge is 0.282 e. The Bertz CT molecular complexity index is 1410. The molecule has 0 saturated carbocycles. The van der Waals surface area contributed by atoms with Crippen molar-refractivity contribution in [3.05, 3.63) is 80.8 Å². The quantitative estimate of drug-likeness (QED) is 0.290. The fourth-order valence-corrected chi connectivity index (χ4v) is 3.78. The molecule has 4 aromatic rings. The van der Waals surface area contributed by atoms with Gasteiger partial charge in [0.1, 0.15) is 18.2 Å². The molecule has 5 nitrogen and oxygen atoms in total. The highest BCUT2D eigenvalue weighted by Crippen LogP contribution is 2.27. The summed E-state index contributed by atoms with van der Waals surface area (Å²) in [5, 5.41) is 7.05. The minimum absolute atomic E-state index is 0.00238. The van der Waals surface area contributed by atoms with Gasteiger partial charge in [-0.1, -0.05) is 66.0 Å². The van der Waals surface area contributed by atoms with E-state index >= 15 is 0 Å². The summed E-state index contributed by atoms with van der Waals surface area (Å²) >= 11 is 3.43. The number of fused-ring (bicyclic) bond motifs is 2. The molecule has 154 valence electrons. The normalized spacial score (nSPS) is 11.5. The van der Waals surface area contributed by atoms with Gasteiger partial charge in [-0.05, 0) is 35.0 Å². The first-order valence-electron chi connectivity index (χ1n) is 9.84. The molecule has 1 aromatic heterocycles. The molecule has 31 heavy (non-hydrogen) atoms.